The Labute approximate surface area is 154 Å². The van der Waals surface area contributed by atoms with Crippen LogP contribution in [0.4, 0.5) is 0 Å². The van der Waals surface area contributed by atoms with Gasteiger partial charge in [0.15, 0.2) is 6.10 Å². The van der Waals surface area contributed by atoms with Crippen LogP contribution in [0.5, 0.6) is 11.5 Å². The summed E-state index contributed by atoms with van der Waals surface area (Å²) < 4.78 is 16.2. The fraction of sp³-hybridized carbons (Fsp3) is 0.263. The van der Waals surface area contributed by atoms with Crippen LogP contribution in [0.3, 0.4) is 0 Å². The van der Waals surface area contributed by atoms with E-state index < -0.39 is 35.3 Å². The molecule has 0 unspecified atom stereocenters. The summed E-state index contributed by atoms with van der Waals surface area (Å²) in [7, 11) is 0. The molecule has 140 valence electrons. The number of primary amides is 1. The number of nitrogens with two attached hydrogens (primary N) is 1. The molecule has 1 heterocycles. The SMILES string of the molecule is CC(=O)Oc1cc(C)cc2c1C(=O)C1=CC=C[C@@H](OC(C)=O)[C@@]1(C(N)=O)O2. The van der Waals surface area contributed by atoms with Crippen LogP contribution >= 0.6 is 0 Å². The molecule has 27 heavy (non-hydrogen) atoms. The van der Waals surface area contributed by atoms with Crippen molar-refractivity contribution in [2.45, 2.75) is 32.5 Å². The second-order valence-corrected chi connectivity index (χ2v) is 6.26. The number of esters is 2. The summed E-state index contributed by atoms with van der Waals surface area (Å²) in [6.07, 6.45) is 3.03. The van der Waals surface area contributed by atoms with E-state index in [0.717, 1.165) is 0 Å². The third kappa shape index (κ3) is 2.88. The van der Waals surface area contributed by atoms with E-state index >= 15 is 0 Å². The molecule has 1 aromatic carbocycles. The monoisotopic (exact) mass is 371 g/mol. The Bertz CT molecular complexity index is 944. The van der Waals surface area contributed by atoms with Gasteiger partial charge in [-0.15, -0.1) is 0 Å². The highest BCUT2D eigenvalue weighted by molar-refractivity contribution is 6.19. The molecule has 0 aromatic heterocycles. The number of amides is 1. The van der Waals surface area contributed by atoms with Crippen molar-refractivity contribution in [2.75, 3.05) is 0 Å². The maximum absolute atomic E-state index is 13.2. The van der Waals surface area contributed by atoms with Crippen LogP contribution in [0.15, 0.2) is 35.9 Å². The number of Topliss-reactive ketones (excluding diaryl/α,β-unsaturated/α-hetero) is 1. The van der Waals surface area contributed by atoms with Gasteiger partial charge in [0.1, 0.15) is 17.1 Å². The van der Waals surface area contributed by atoms with E-state index in [2.05, 4.69) is 0 Å². The standard InChI is InChI=1S/C19H17NO7/c1-9-7-13(25-10(2)21)16-14(8-9)27-19(18(20)24)12(17(16)23)5-4-6-15(19)26-11(3)22/h4-8,15H,1-3H3,(H2,20,24)/t15-,19+/m1/s1. The fourth-order valence-electron chi connectivity index (χ4n) is 3.22. The van der Waals surface area contributed by atoms with E-state index in [1.54, 1.807) is 6.92 Å². The van der Waals surface area contributed by atoms with Gasteiger partial charge in [-0.3, -0.25) is 19.2 Å². The van der Waals surface area contributed by atoms with Crippen molar-refractivity contribution < 1.29 is 33.4 Å². The van der Waals surface area contributed by atoms with E-state index in [1.807, 2.05) is 0 Å². The molecule has 1 aliphatic carbocycles. The van der Waals surface area contributed by atoms with Crippen LogP contribution in [0, 0.1) is 6.92 Å². The molecule has 2 aliphatic rings. The number of hydrogen-bond donors (Lipinski definition) is 1. The largest absolute Gasteiger partial charge is 0.467 e. The van der Waals surface area contributed by atoms with Crippen molar-refractivity contribution in [3.63, 3.8) is 0 Å². The van der Waals surface area contributed by atoms with Crippen LogP contribution in [-0.4, -0.2) is 35.3 Å². The molecule has 2 atom stereocenters. The zero-order valence-electron chi connectivity index (χ0n) is 14.9. The lowest BCUT2D eigenvalue weighted by molar-refractivity contribution is -0.157. The number of fused-ring (bicyclic) bond motifs is 2. The van der Waals surface area contributed by atoms with Crippen molar-refractivity contribution in [3.05, 3.63) is 47.1 Å². The molecule has 8 nitrogen and oxygen atoms in total. The number of ketones is 1. The summed E-state index contributed by atoms with van der Waals surface area (Å²) in [5, 5.41) is 0. The van der Waals surface area contributed by atoms with Crippen LogP contribution < -0.4 is 15.2 Å². The first kappa shape index (κ1) is 18.4. The molecular formula is C19H17NO7. The first-order valence-corrected chi connectivity index (χ1v) is 8.09. The van der Waals surface area contributed by atoms with Gasteiger partial charge in [-0.25, -0.2) is 0 Å². The lowest BCUT2D eigenvalue weighted by Gasteiger charge is -2.42. The maximum Gasteiger partial charge on any atom is 0.308 e. The van der Waals surface area contributed by atoms with Gasteiger partial charge in [-0.1, -0.05) is 12.2 Å². The number of carbonyl (C=O) groups excluding carboxylic acids is 4. The Balaban J connectivity index is 2.24. The smallest absolute Gasteiger partial charge is 0.308 e. The Morgan fingerprint density at radius 2 is 1.89 bits per heavy atom. The quantitative estimate of drug-likeness (QED) is 0.624. The first-order chi connectivity index (χ1) is 12.7. The Kier molecular flexibility index (Phi) is 4.35. The molecule has 0 saturated carbocycles. The summed E-state index contributed by atoms with van der Waals surface area (Å²) in [4.78, 5) is 48.5. The zero-order valence-corrected chi connectivity index (χ0v) is 14.9. The van der Waals surface area contributed by atoms with Gasteiger partial charge >= 0.3 is 11.9 Å². The number of allylic oxidation sites excluding steroid dienone is 2. The summed E-state index contributed by atoms with van der Waals surface area (Å²) in [5.41, 5.74) is 4.10. The molecule has 0 radical (unpaired) electrons. The Morgan fingerprint density at radius 1 is 1.19 bits per heavy atom. The van der Waals surface area contributed by atoms with Gasteiger partial charge in [0.05, 0.1) is 5.57 Å². The van der Waals surface area contributed by atoms with Crippen LogP contribution in [0.1, 0.15) is 29.8 Å². The van der Waals surface area contributed by atoms with Gasteiger partial charge in [0, 0.05) is 13.8 Å². The van der Waals surface area contributed by atoms with Crippen molar-refractivity contribution in [2.24, 2.45) is 5.73 Å². The Hall–Kier alpha value is -3.42. The highest BCUT2D eigenvalue weighted by Gasteiger charge is 2.58. The summed E-state index contributed by atoms with van der Waals surface area (Å²) in [5.74, 6) is -2.85. The minimum Gasteiger partial charge on any atom is -0.467 e. The van der Waals surface area contributed by atoms with E-state index in [-0.39, 0.29) is 22.6 Å². The summed E-state index contributed by atoms with van der Waals surface area (Å²) in [6.45, 7) is 4.08. The summed E-state index contributed by atoms with van der Waals surface area (Å²) in [6, 6.07) is 3.03. The molecular weight excluding hydrogens is 354 g/mol. The van der Waals surface area contributed by atoms with Crippen LogP contribution in [0.2, 0.25) is 0 Å². The molecule has 1 aromatic rings. The van der Waals surface area contributed by atoms with Crippen molar-refractivity contribution >= 4 is 23.6 Å². The minimum absolute atomic E-state index is 0.00389. The molecule has 1 amide bonds. The third-order valence-corrected chi connectivity index (χ3v) is 4.22. The molecule has 0 fully saturated rings. The minimum atomic E-state index is -2.01. The summed E-state index contributed by atoms with van der Waals surface area (Å²) >= 11 is 0. The highest BCUT2D eigenvalue weighted by Crippen LogP contribution is 2.45. The topological polar surface area (TPSA) is 122 Å². The molecule has 2 N–H and O–H groups in total. The lowest BCUT2D eigenvalue weighted by atomic mass is 9.76. The van der Waals surface area contributed by atoms with Gasteiger partial charge in [0.2, 0.25) is 5.78 Å². The predicted octanol–water partition coefficient (Wildman–Crippen LogP) is 1.15. The number of benzene rings is 1. The molecule has 0 bridgehead atoms. The van der Waals surface area contributed by atoms with Crippen LogP contribution in [0.25, 0.3) is 0 Å². The van der Waals surface area contributed by atoms with Gasteiger partial charge in [0.25, 0.3) is 11.5 Å². The maximum atomic E-state index is 13.2. The zero-order chi connectivity index (χ0) is 19.9. The molecule has 3 rings (SSSR count). The number of hydrogen-bond acceptors (Lipinski definition) is 7. The van der Waals surface area contributed by atoms with Crippen molar-refractivity contribution in [1.82, 2.24) is 0 Å². The Morgan fingerprint density at radius 3 is 2.48 bits per heavy atom. The molecule has 1 aliphatic heterocycles. The van der Waals surface area contributed by atoms with Gasteiger partial charge < -0.3 is 19.9 Å². The van der Waals surface area contributed by atoms with Crippen LogP contribution in [-0.2, 0) is 19.1 Å². The average Bonchev–Trinajstić information content (AvgIpc) is 2.53. The average molecular weight is 371 g/mol. The van der Waals surface area contributed by atoms with Crippen molar-refractivity contribution in [3.8, 4) is 11.5 Å². The number of rotatable bonds is 3. The first-order valence-electron chi connectivity index (χ1n) is 8.09. The van der Waals surface area contributed by atoms with Gasteiger partial charge in [-0.05, 0) is 30.7 Å². The lowest BCUT2D eigenvalue weighted by Crippen LogP contribution is -2.63. The molecule has 8 heteroatoms. The second-order valence-electron chi connectivity index (χ2n) is 6.26. The second kappa shape index (κ2) is 6.39. The predicted molar refractivity (Wildman–Crippen MR) is 92.1 cm³/mol. The number of aryl methyl sites for hydroxylation is 1. The van der Waals surface area contributed by atoms with E-state index in [4.69, 9.17) is 19.9 Å². The van der Waals surface area contributed by atoms with Crippen molar-refractivity contribution in [1.29, 1.82) is 0 Å². The fourth-order valence-corrected chi connectivity index (χ4v) is 3.22. The molecule has 0 saturated heterocycles. The third-order valence-electron chi connectivity index (χ3n) is 4.22. The van der Waals surface area contributed by atoms with E-state index in [9.17, 15) is 19.2 Å². The highest BCUT2D eigenvalue weighted by atomic mass is 16.6. The van der Waals surface area contributed by atoms with E-state index in [0.29, 0.717) is 5.56 Å². The van der Waals surface area contributed by atoms with E-state index in [1.165, 1.54) is 44.2 Å². The number of carbonyl (C=O) groups is 4. The van der Waals surface area contributed by atoms with Gasteiger partial charge in [-0.2, -0.15) is 0 Å². The molecule has 0 spiro atoms. The number of ether oxygens (including phenoxy) is 3. The normalized spacial score (nSPS) is 22.7.